The van der Waals surface area contributed by atoms with Gasteiger partial charge in [-0.05, 0) is 60.2 Å². The molecule has 1 aromatic heterocycles. The maximum absolute atomic E-state index is 5.95. The molecule has 0 amide bonds. The molecular formula is C14H24N2S. The van der Waals surface area contributed by atoms with E-state index in [1.807, 2.05) is 0 Å². The summed E-state index contributed by atoms with van der Waals surface area (Å²) in [6.07, 6.45) is 2.66. The van der Waals surface area contributed by atoms with Crippen LogP contribution in [0, 0.1) is 11.8 Å². The summed E-state index contributed by atoms with van der Waals surface area (Å²) >= 11 is 1.77. The fraction of sp³-hybridized carbons (Fsp3) is 0.714. The van der Waals surface area contributed by atoms with Crippen LogP contribution in [0.5, 0.6) is 0 Å². The fourth-order valence-corrected chi connectivity index (χ4v) is 3.57. The molecule has 1 atom stereocenters. The molecule has 1 unspecified atom stereocenters. The van der Waals surface area contributed by atoms with Crippen molar-refractivity contribution < 1.29 is 0 Å². The Labute approximate surface area is 109 Å². The molecule has 1 saturated heterocycles. The topological polar surface area (TPSA) is 29.3 Å². The van der Waals surface area contributed by atoms with Crippen LogP contribution in [0.3, 0.4) is 0 Å². The number of nitrogens with two attached hydrogens (primary N) is 1. The molecule has 96 valence electrons. The zero-order valence-corrected chi connectivity index (χ0v) is 11.7. The van der Waals surface area contributed by atoms with Crippen molar-refractivity contribution in [2.24, 2.45) is 17.6 Å². The Hall–Kier alpha value is -0.380. The Morgan fingerprint density at radius 3 is 2.59 bits per heavy atom. The highest BCUT2D eigenvalue weighted by molar-refractivity contribution is 7.07. The van der Waals surface area contributed by atoms with Gasteiger partial charge in [0.2, 0.25) is 0 Å². The highest BCUT2D eigenvalue weighted by Crippen LogP contribution is 2.30. The highest BCUT2D eigenvalue weighted by atomic mass is 32.1. The number of likely N-dealkylation sites (tertiary alicyclic amines) is 1. The lowest BCUT2D eigenvalue weighted by molar-refractivity contribution is 0.117. The maximum atomic E-state index is 5.95. The monoisotopic (exact) mass is 252 g/mol. The number of nitrogens with zero attached hydrogens (tertiary/aromatic N) is 1. The largest absolute Gasteiger partial charge is 0.329 e. The highest BCUT2D eigenvalue weighted by Gasteiger charge is 2.26. The molecule has 1 fully saturated rings. The zero-order valence-electron chi connectivity index (χ0n) is 10.9. The zero-order chi connectivity index (χ0) is 12.3. The quantitative estimate of drug-likeness (QED) is 0.892. The van der Waals surface area contributed by atoms with Crippen LogP contribution in [0.4, 0.5) is 0 Å². The number of rotatable bonds is 4. The van der Waals surface area contributed by atoms with E-state index >= 15 is 0 Å². The van der Waals surface area contributed by atoms with Crippen LogP contribution in [0.2, 0.25) is 0 Å². The van der Waals surface area contributed by atoms with Gasteiger partial charge in [-0.3, -0.25) is 4.90 Å². The van der Waals surface area contributed by atoms with Crippen LogP contribution in [0.1, 0.15) is 38.3 Å². The first kappa shape index (κ1) is 13.1. The van der Waals surface area contributed by atoms with Crippen molar-refractivity contribution in [2.75, 3.05) is 19.6 Å². The summed E-state index contributed by atoms with van der Waals surface area (Å²) < 4.78 is 0. The van der Waals surface area contributed by atoms with Gasteiger partial charge < -0.3 is 5.73 Å². The molecule has 2 N–H and O–H groups in total. The van der Waals surface area contributed by atoms with Crippen LogP contribution in [-0.4, -0.2) is 24.5 Å². The van der Waals surface area contributed by atoms with Gasteiger partial charge in [0.05, 0.1) is 0 Å². The van der Waals surface area contributed by atoms with Crippen molar-refractivity contribution in [2.45, 2.75) is 32.7 Å². The molecule has 1 aliphatic rings. The van der Waals surface area contributed by atoms with Gasteiger partial charge in [-0.1, -0.05) is 13.8 Å². The van der Waals surface area contributed by atoms with E-state index in [0.717, 1.165) is 18.4 Å². The molecule has 0 spiro atoms. The predicted octanol–water partition coefficient (Wildman–Crippen LogP) is 3.12. The van der Waals surface area contributed by atoms with E-state index < -0.39 is 0 Å². The van der Waals surface area contributed by atoms with Gasteiger partial charge in [0, 0.05) is 12.6 Å². The van der Waals surface area contributed by atoms with Gasteiger partial charge >= 0.3 is 0 Å². The molecule has 3 heteroatoms. The number of hydrogen-bond acceptors (Lipinski definition) is 3. The summed E-state index contributed by atoms with van der Waals surface area (Å²) in [6, 6.07) is 2.66. The van der Waals surface area contributed by atoms with Crippen LogP contribution in [-0.2, 0) is 0 Å². The number of thiophene rings is 1. The molecular weight excluding hydrogens is 228 g/mol. The average Bonchev–Trinajstić information content (AvgIpc) is 2.84. The standard InChI is InChI=1S/C14H24N2S/c1-11(2)12-3-6-16(7-4-12)14(9-15)13-5-8-17-10-13/h5,8,10-12,14H,3-4,6-7,9,15H2,1-2H3. The van der Waals surface area contributed by atoms with Gasteiger partial charge in [0.25, 0.3) is 0 Å². The van der Waals surface area contributed by atoms with E-state index in [0.29, 0.717) is 6.04 Å². The summed E-state index contributed by atoms with van der Waals surface area (Å²) in [7, 11) is 0. The number of hydrogen-bond donors (Lipinski definition) is 1. The van der Waals surface area contributed by atoms with E-state index in [4.69, 9.17) is 5.73 Å². The third kappa shape index (κ3) is 3.09. The maximum Gasteiger partial charge on any atom is 0.0478 e. The van der Waals surface area contributed by atoms with Crippen LogP contribution >= 0.6 is 11.3 Å². The van der Waals surface area contributed by atoms with Crippen LogP contribution in [0.25, 0.3) is 0 Å². The second kappa shape index (κ2) is 5.98. The van der Waals surface area contributed by atoms with E-state index in [2.05, 4.69) is 35.6 Å². The van der Waals surface area contributed by atoms with Crippen molar-refractivity contribution in [1.29, 1.82) is 0 Å². The Bertz CT molecular complexity index is 313. The van der Waals surface area contributed by atoms with Crippen LogP contribution < -0.4 is 5.73 Å². The fourth-order valence-electron chi connectivity index (χ4n) is 2.86. The molecule has 0 radical (unpaired) electrons. The number of piperidine rings is 1. The summed E-state index contributed by atoms with van der Waals surface area (Å²) in [4.78, 5) is 2.57. The van der Waals surface area contributed by atoms with Crippen molar-refractivity contribution >= 4 is 11.3 Å². The minimum Gasteiger partial charge on any atom is -0.329 e. The van der Waals surface area contributed by atoms with Crippen LogP contribution in [0.15, 0.2) is 16.8 Å². The molecule has 2 rings (SSSR count). The van der Waals surface area contributed by atoms with Crippen molar-refractivity contribution in [3.63, 3.8) is 0 Å². The second-order valence-corrected chi connectivity index (χ2v) is 6.21. The molecule has 0 aliphatic carbocycles. The molecule has 1 aliphatic heterocycles. The molecule has 0 saturated carbocycles. The normalized spacial score (nSPS) is 20.9. The van der Waals surface area contributed by atoms with Gasteiger partial charge in [-0.25, -0.2) is 0 Å². The first-order chi connectivity index (χ1) is 8.22. The van der Waals surface area contributed by atoms with Gasteiger partial charge in [0.15, 0.2) is 0 Å². The molecule has 0 aromatic carbocycles. The van der Waals surface area contributed by atoms with Gasteiger partial charge in [-0.15, -0.1) is 0 Å². The first-order valence-corrected chi connectivity index (χ1v) is 7.63. The van der Waals surface area contributed by atoms with E-state index in [-0.39, 0.29) is 0 Å². The lowest BCUT2D eigenvalue weighted by atomic mass is 9.86. The molecule has 0 bridgehead atoms. The Kier molecular flexibility index (Phi) is 4.60. The minimum absolute atomic E-state index is 0.439. The van der Waals surface area contributed by atoms with Gasteiger partial charge in [-0.2, -0.15) is 11.3 Å². The third-order valence-electron chi connectivity index (χ3n) is 4.11. The van der Waals surface area contributed by atoms with Crippen molar-refractivity contribution in [1.82, 2.24) is 4.90 Å². The first-order valence-electron chi connectivity index (χ1n) is 6.68. The Morgan fingerprint density at radius 2 is 2.12 bits per heavy atom. The van der Waals surface area contributed by atoms with E-state index in [1.54, 1.807) is 11.3 Å². The molecule has 2 heterocycles. The molecule has 2 nitrogen and oxygen atoms in total. The predicted molar refractivity (Wildman–Crippen MR) is 75.2 cm³/mol. The summed E-state index contributed by atoms with van der Waals surface area (Å²) in [6.45, 7) is 7.85. The summed E-state index contributed by atoms with van der Waals surface area (Å²) in [5, 5.41) is 4.39. The summed E-state index contributed by atoms with van der Waals surface area (Å²) in [5.74, 6) is 1.74. The van der Waals surface area contributed by atoms with Gasteiger partial charge in [0.1, 0.15) is 0 Å². The van der Waals surface area contributed by atoms with Crippen molar-refractivity contribution in [3.8, 4) is 0 Å². The SMILES string of the molecule is CC(C)C1CCN(C(CN)c2ccsc2)CC1. The van der Waals surface area contributed by atoms with Crippen molar-refractivity contribution in [3.05, 3.63) is 22.4 Å². The minimum atomic E-state index is 0.439. The lowest BCUT2D eigenvalue weighted by Gasteiger charge is -2.38. The Morgan fingerprint density at radius 1 is 1.41 bits per heavy atom. The third-order valence-corrected chi connectivity index (χ3v) is 4.81. The lowest BCUT2D eigenvalue weighted by Crippen LogP contribution is -2.40. The Balaban J connectivity index is 1.95. The van der Waals surface area contributed by atoms with E-state index in [9.17, 15) is 0 Å². The summed E-state index contributed by atoms with van der Waals surface area (Å²) in [5.41, 5.74) is 7.36. The van der Waals surface area contributed by atoms with E-state index in [1.165, 1.54) is 31.5 Å². The molecule has 17 heavy (non-hydrogen) atoms. The second-order valence-electron chi connectivity index (χ2n) is 5.43. The average molecular weight is 252 g/mol. The molecule has 1 aromatic rings. The smallest absolute Gasteiger partial charge is 0.0478 e.